The molecule has 0 radical (unpaired) electrons. The van der Waals surface area contributed by atoms with Crippen LogP contribution in [-0.4, -0.2) is 43.7 Å². The van der Waals surface area contributed by atoms with Crippen molar-refractivity contribution in [3.8, 4) is 6.07 Å². The number of nitriles is 1. The molecule has 2 aromatic rings. The molecule has 2 aromatic heterocycles. The lowest BCUT2D eigenvalue weighted by atomic mass is 9.95. The number of hydrogen-bond acceptors (Lipinski definition) is 6. The van der Waals surface area contributed by atoms with E-state index in [9.17, 15) is 14.9 Å². The van der Waals surface area contributed by atoms with Crippen molar-refractivity contribution < 1.29 is 9.53 Å². The van der Waals surface area contributed by atoms with Crippen LogP contribution in [0.5, 0.6) is 0 Å². The van der Waals surface area contributed by atoms with E-state index < -0.39 is 0 Å². The molecule has 172 valence electrons. The first kappa shape index (κ1) is 22.7. The third-order valence-corrected chi connectivity index (χ3v) is 7.12. The van der Waals surface area contributed by atoms with Crippen molar-refractivity contribution in [3.63, 3.8) is 0 Å². The second-order valence-electron chi connectivity index (χ2n) is 8.37. The monoisotopic (exact) mass is 458 g/mol. The molecule has 2 N–H and O–H groups in total. The number of fused-ring (bicyclic) bond motifs is 1. The molecule has 0 saturated carbocycles. The maximum atomic E-state index is 12.9. The Morgan fingerprint density at radius 1 is 1.34 bits per heavy atom. The highest BCUT2D eigenvalue weighted by atomic mass is 32.2. The summed E-state index contributed by atoms with van der Waals surface area (Å²) in [6, 6.07) is 2.34. The maximum Gasteiger partial charge on any atom is 0.343 e. The molecule has 3 heterocycles. The molecule has 4 rings (SSSR count). The molecular formula is C22H30N6O3S. The molecule has 1 amide bonds. The number of carbonyl (C=O) groups is 1. The first-order valence-electron chi connectivity index (χ1n) is 11.5. The van der Waals surface area contributed by atoms with Crippen LogP contribution in [0.1, 0.15) is 62.3 Å². The summed E-state index contributed by atoms with van der Waals surface area (Å²) in [6.07, 6.45) is 7.91. The largest absolute Gasteiger partial charge is 0.376 e. The number of thioether (sulfide) groups is 1. The highest BCUT2D eigenvalue weighted by Gasteiger charge is 2.28. The van der Waals surface area contributed by atoms with Crippen molar-refractivity contribution in [2.45, 2.75) is 82.6 Å². The van der Waals surface area contributed by atoms with Crippen LogP contribution >= 0.6 is 11.8 Å². The summed E-state index contributed by atoms with van der Waals surface area (Å²) in [5.41, 5.74) is 2.55. The number of carbonyl (C=O) groups excluding carboxylic acids is 1. The predicted molar refractivity (Wildman–Crippen MR) is 122 cm³/mol. The van der Waals surface area contributed by atoms with E-state index >= 15 is 0 Å². The normalized spacial score (nSPS) is 17.8. The SMILES string of the molecule is CCCCn1c(SCC(=O)Nc2c(C#N)c3c(n2CC2CCCO2)CCCC3)n[nH]c1=O. The van der Waals surface area contributed by atoms with Gasteiger partial charge >= 0.3 is 5.69 Å². The van der Waals surface area contributed by atoms with Gasteiger partial charge in [0, 0.05) is 18.8 Å². The zero-order valence-electron chi connectivity index (χ0n) is 18.5. The van der Waals surface area contributed by atoms with Gasteiger partial charge in [-0.15, -0.1) is 5.10 Å². The quantitative estimate of drug-likeness (QED) is 0.558. The molecule has 10 heteroatoms. The average Bonchev–Trinajstić information content (AvgIpc) is 3.50. The molecule has 0 aromatic carbocycles. The van der Waals surface area contributed by atoms with Crippen LogP contribution in [0.3, 0.4) is 0 Å². The van der Waals surface area contributed by atoms with Gasteiger partial charge in [-0.05, 0) is 50.5 Å². The number of unbranched alkanes of at least 4 members (excludes halogenated alkanes) is 1. The van der Waals surface area contributed by atoms with Crippen molar-refractivity contribution in [1.82, 2.24) is 19.3 Å². The Bertz CT molecular complexity index is 1060. The number of nitrogens with zero attached hydrogens (tertiary/aromatic N) is 4. The van der Waals surface area contributed by atoms with Crippen molar-refractivity contribution in [3.05, 3.63) is 27.3 Å². The van der Waals surface area contributed by atoms with Crippen LogP contribution < -0.4 is 11.0 Å². The first-order valence-corrected chi connectivity index (χ1v) is 12.4. The standard InChI is InChI=1S/C22H30N6O3S/c1-2-3-10-27-21(30)25-26-22(27)32-14-19(29)24-20-17(12-23)16-8-4-5-9-18(16)28(20)13-15-7-6-11-31-15/h15H,2-11,13-14H2,1H3,(H,24,29)(H,25,30). The number of amides is 1. The predicted octanol–water partition coefficient (Wildman–Crippen LogP) is 2.83. The van der Waals surface area contributed by atoms with Crippen LogP contribution in [0, 0.1) is 11.3 Å². The summed E-state index contributed by atoms with van der Waals surface area (Å²) < 4.78 is 9.52. The van der Waals surface area contributed by atoms with Gasteiger partial charge in [0.15, 0.2) is 5.16 Å². The summed E-state index contributed by atoms with van der Waals surface area (Å²) in [7, 11) is 0. The highest BCUT2D eigenvalue weighted by Crippen LogP contribution is 2.34. The Balaban J connectivity index is 1.52. The number of nitrogens with one attached hydrogen (secondary N) is 2. The summed E-state index contributed by atoms with van der Waals surface area (Å²) in [6.45, 7) is 4.05. The Labute approximate surface area is 191 Å². The Morgan fingerprint density at radius 2 is 2.19 bits per heavy atom. The summed E-state index contributed by atoms with van der Waals surface area (Å²) >= 11 is 1.22. The Hall–Kier alpha value is -2.51. The summed E-state index contributed by atoms with van der Waals surface area (Å²) in [5, 5.41) is 19.9. The van der Waals surface area contributed by atoms with E-state index in [4.69, 9.17) is 4.74 Å². The van der Waals surface area contributed by atoms with Gasteiger partial charge in [-0.3, -0.25) is 9.36 Å². The van der Waals surface area contributed by atoms with Gasteiger partial charge in [0.2, 0.25) is 5.91 Å². The molecule has 1 aliphatic heterocycles. The van der Waals surface area contributed by atoms with Crippen LogP contribution in [0.15, 0.2) is 9.95 Å². The zero-order chi connectivity index (χ0) is 22.5. The smallest absolute Gasteiger partial charge is 0.343 e. The fraction of sp³-hybridized carbons (Fsp3) is 0.636. The molecule has 1 saturated heterocycles. The lowest BCUT2D eigenvalue weighted by Crippen LogP contribution is -2.23. The van der Waals surface area contributed by atoms with E-state index in [1.165, 1.54) is 11.8 Å². The molecule has 2 aliphatic rings. The molecule has 32 heavy (non-hydrogen) atoms. The molecular weight excluding hydrogens is 428 g/mol. The number of aromatic nitrogens is 4. The minimum absolute atomic E-state index is 0.108. The average molecular weight is 459 g/mol. The van der Waals surface area contributed by atoms with Crippen molar-refractivity contribution in [2.75, 3.05) is 17.7 Å². The lowest BCUT2D eigenvalue weighted by Gasteiger charge is -2.19. The van der Waals surface area contributed by atoms with Gasteiger partial charge in [0.25, 0.3) is 0 Å². The molecule has 1 atom stereocenters. The van der Waals surface area contributed by atoms with Crippen LogP contribution in [0.25, 0.3) is 0 Å². The molecule has 0 bridgehead atoms. The second-order valence-corrected chi connectivity index (χ2v) is 9.31. The van der Waals surface area contributed by atoms with E-state index in [1.54, 1.807) is 4.57 Å². The fourth-order valence-corrected chi connectivity index (χ4v) is 5.31. The highest BCUT2D eigenvalue weighted by molar-refractivity contribution is 7.99. The van der Waals surface area contributed by atoms with Gasteiger partial charge in [-0.25, -0.2) is 9.89 Å². The Morgan fingerprint density at radius 3 is 2.94 bits per heavy atom. The summed E-state index contributed by atoms with van der Waals surface area (Å²) in [5.74, 6) is 0.482. The summed E-state index contributed by atoms with van der Waals surface area (Å²) in [4.78, 5) is 24.8. The topological polar surface area (TPSA) is 118 Å². The van der Waals surface area contributed by atoms with E-state index in [2.05, 4.69) is 33.1 Å². The van der Waals surface area contributed by atoms with Gasteiger partial charge in [0.05, 0.1) is 24.0 Å². The Kier molecular flexibility index (Phi) is 7.37. The van der Waals surface area contributed by atoms with Gasteiger partial charge in [-0.2, -0.15) is 5.26 Å². The second kappa shape index (κ2) is 10.4. The fourth-order valence-electron chi connectivity index (χ4n) is 4.54. The van der Waals surface area contributed by atoms with E-state index in [-0.39, 0.29) is 23.5 Å². The van der Waals surface area contributed by atoms with Crippen LogP contribution in [0.2, 0.25) is 0 Å². The van der Waals surface area contributed by atoms with Gasteiger partial charge in [0.1, 0.15) is 11.9 Å². The number of ether oxygens (including phenoxy) is 1. The van der Waals surface area contributed by atoms with Gasteiger partial charge < -0.3 is 14.6 Å². The van der Waals surface area contributed by atoms with Crippen LogP contribution in [-0.2, 0) is 35.5 Å². The molecule has 1 fully saturated rings. The number of rotatable bonds is 9. The molecule has 1 aliphatic carbocycles. The van der Waals surface area contributed by atoms with E-state index in [0.717, 1.165) is 69.2 Å². The number of H-pyrrole nitrogens is 1. The minimum atomic E-state index is -0.258. The maximum absolute atomic E-state index is 12.9. The number of anilines is 1. The molecule has 0 spiro atoms. The van der Waals surface area contributed by atoms with Crippen molar-refractivity contribution in [1.29, 1.82) is 5.26 Å². The van der Waals surface area contributed by atoms with Gasteiger partial charge in [-0.1, -0.05) is 25.1 Å². The van der Waals surface area contributed by atoms with Crippen molar-refractivity contribution in [2.24, 2.45) is 0 Å². The molecule has 1 unspecified atom stereocenters. The zero-order valence-corrected chi connectivity index (χ0v) is 19.3. The number of aromatic amines is 1. The first-order chi connectivity index (χ1) is 15.6. The third kappa shape index (κ3) is 4.79. The number of hydrogen-bond donors (Lipinski definition) is 2. The van der Waals surface area contributed by atoms with Crippen LogP contribution in [0.4, 0.5) is 5.82 Å². The van der Waals surface area contributed by atoms with Crippen molar-refractivity contribution >= 4 is 23.5 Å². The van der Waals surface area contributed by atoms with E-state index in [0.29, 0.717) is 29.6 Å². The minimum Gasteiger partial charge on any atom is -0.376 e. The van der Waals surface area contributed by atoms with E-state index in [1.807, 2.05) is 0 Å². The lowest BCUT2D eigenvalue weighted by molar-refractivity contribution is -0.113. The third-order valence-electron chi connectivity index (χ3n) is 6.14. The molecule has 9 nitrogen and oxygen atoms in total.